The van der Waals surface area contributed by atoms with E-state index < -0.39 is 0 Å². The number of hydrogen-bond acceptors (Lipinski definition) is 2. The molecule has 21 heavy (non-hydrogen) atoms. The quantitative estimate of drug-likeness (QED) is 0.792. The Morgan fingerprint density at radius 1 is 1.05 bits per heavy atom. The molecule has 0 heterocycles. The topological polar surface area (TPSA) is 55.1 Å². The number of carbonyl (C=O) groups excluding carboxylic acids is 1. The summed E-state index contributed by atoms with van der Waals surface area (Å²) >= 11 is 17.8. The molecular weight excluding hydrogens is 331 g/mol. The van der Waals surface area contributed by atoms with Gasteiger partial charge in [0.1, 0.15) is 0 Å². The van der Waals surface area contributed by atoms with Crippen molar-refractivity contribution in [1.82, 2.24) is 0 Å². The maximum atomic E-state index is 12.0. The van der Waals surface area contributed by atoms with Gasteiger partial charge in [0.2, 0.25) is 5.91 Å². The lowest BCUT2D eigenvalue weighted by Crippen LogP contribution is -2.20. The van der Waals surface area contributed by atoms with E-state index >= 15 is 0 Å². The highest BCUT2D eigenvalue weighted by Crippen LogP contribution is 2.32. The molecule has 2 aromatic rings. The zero-order valence-corrected chi connectivity index (χ0v) is 13.2. The first-order valence-corrected chi connectivity index (χ1v) is 7.35. The number of anilines is 1. The molecule has 0 radical (unpaired) electrons. The maximum Gasteiger partial charge on any atom is 0.226 e. The molecule has 0 aliphatic rings. The molecule has 0 saturated carbocycles. The van der Waals surface area contributed by atoms with Gasteiger partial charge in [0.15, 0.2) is 0 Å². The SMILES string of the molecule is NC(CC(=O)Nc1cc(Cl)c(Cl)cc1Cl)c1ccccc1. The Hall–Kier alpha value is -1.26. The highest BCUT2D eigenvalue weighted by atomic mass is 35.5. The summed E-state index contributed by atoms with van der Waals surface area (Å²) < 4.78 is 0. The number of halogens is 3. The van der Waals surface area contributed by atoms with Gasteiger partial charge in [0.05, 0.1) is 20.8 Å². The van der Waals surface area contributed by atoms with Crippen molar-refractivity contribution in [3.8, 4) is 0 Å². The molecule has 0 aliphatic heterocycles. The van der Waals surface area contributed by atoms with Crippen molar-refractivity contribution in [3.63, 3.8) is 0 Å². The zero-order chi connectivity index (χ0) is 15.4. The van der Waals surface area contributed by atoms with Gasteiger partial charge in [-0.2, -0.15) is 0 Å². The van der Waals surface area contributed by atoms with E-state index in [0.717, 1.165) is 5.56 Å². The first-order chi connectivity index (χ1) is 9.97. The number of amides is 1. The average molecular weight is 344 g/mol. The minimum absolute atomic E-state index is 0.139. The molecule has 0 spiro atoms. The Morgan fingerprint density at radius 2 is 1.67 bits per heavy atom. The number of nitrogens with one attached hydrogen (secondary N) is 1. The lowest BCUT2D eigenvalue weighted by Gasteiger charge is -2.13. The maximum absolute atomic E-state index is 12.0. The average Bonchev–Trinajstić information content (AvgIpc) is 2.45. The van der Waals surface area contributed by atoms with Crippen molar-refractivity contribution < 1.29 is 4.79 Å². The molecule has 3 nitrogen and oxygen atoms in total. The predicted molar refractivity (Wildman–Crippen MR) is 88.1 cm³/mol. The summed E-state index contributed by atoms with van der Waals surface area (Å²) in [7, 11) is 0. The normalized spacial score (nSPS) is 12.0. The molecule has 1 unspecified atom stereocenters. The van der Waals surface area contributed by atoms with Crippen LogP contribution >= 0.6 is 34.8 Å². The Morgan fingerprint density at radius 3 is 2.33 bits per heavy atom. The highest BCUT2D eigenvalue weighted by molar-refractivity contribution is 6.44. The van der Waals surface area contributed by atoms with Crippen LogP contribution in [0, 0.1) is 0 Å². The standard InChI is InChI=1S/C15H13Cl3N2O/c16-10-6-12(18)14(7-11(10)17)20-15(21)8-13(19)9-4-2-1-3-5-9/h1-7,13H,8,19H2,(H,20,21). The van der Waals surface area contributed by atoms with E-state index in [9.17, 15) is 4.79 Å². The van der Waals surface area contributed by atoms with E-state index in [-0.39, 0.29) is 18.4 Å². The summed E-state index contributed by atoms with van der Waals surface area (Å²) in [6.45, 7) is 0. The van der Waals surface area contributed by atoms with Gasteiger partial charge in [0, 0.05) is 12.5 Å². The van der Waals surface area contributed by atoms with Gasteiger partial charge in [0.25, 0.3) is 0 Å². The second kappa shape index (κ2) is 7.14. The first-order valence-electron chi connectivity index (χ1n) is 6.22. The van der Waals surface area contributed by atoms with E-state index in [1.807, 2.05) is 30.3 Å². The van der Waals surface area contributed by atoms with Gasteiger partial charge in [-0.3, -0.25) is 4.79 Å². The number of hydrogen-bond donors (Lipinski definition) is 2. The minimum Gasteiger partial charge on any atom is -0.325 e. The van der Waals surface area contributed by atoms with E-state index in [1.54, 1.807) is 0 Å². The summed E-state index contributed by atoms with van der Waals surface area (Å²) in [6, 6.07) is 12.0. The molecule has 0 fully saturated rings. The predicted octanol–water partition coefficient (Wildman–Crippen LogP) is 4.68. The summed E-state index contributed by atoms with van der Waals surface area (Å²) in [5.74, 6) is -0.244. The van der Waals surface area contributed by atoms with Crippen LogP contribution < -0.4 is 11.1 Å². The van der Waals surface area contributed by atoms with Crippen molar-refractivity contribution in [2.45, 2.75) is 12.5 Å². The molecule has 3 N–H and O–H groups in total. The second-order valence-electron chi connectivity index (χ2n) is 4.52. The smallest absolute Gasteiger partial charge is 0.226 e. The molecule has 1 amide bonds. The second-order valence-corrected chi connectivity index (χ2v) is 5.74. The van der Waals surface area contributed by atoms with Gasteiger partial charge in [-0.05, 0) is 17.7 Å². The lowest BCUT2D eigenvalue weighted by molar-refractivity contribution is -0.116. The van der Waals surface area contributed by atoms with Crippen LogP contribution in [-0.4, -0.2) is 5.91 Å². The molecule has 0 aromatic heterocycles. The summed E-state index contributed by atoms with van der Waals surface area (Å²) in [6.07, 6.45) is 0.139. The fraction of sp³-hybridized carbons (Fsp3) is 0.133. The van der Waals surface area contributed by atoms with Gasteiger partial charge in [-0.1, -0.05) is 65.1 Å². The van der Waals surface area contributed by atoms with Gasteiger partial charge >= 0.3 is 0 Å². The Balaban J connectivity index is 2.04. The lowest BCUT2D eigenvalue weighted by atomic mass is 10.0. The van der Waals surface area contributed by atoms with Gasteiger partial charge < -0.3 is 11.1 Å². The van der Waals surface area contributed by atoms with Crippen molar-refractivity contribution in [3.05, 3.63) is 63.1 Å². The molecular formula is C15H13Cl3N2O. The molecule has 2 aromatic carbocycles. The fourth-order valence-electron chi connectivity index (χ4n) is 1.84. The third-order valence-electron chi connectivity index (χ3n) is 2.92. The van der Waals surface area contributed by atoms with Crippen molar-refractivity contribution in [2.75, 3.05) is 5.32 Å². The van der Waals surface area contributed by atoms with Crippen LogP contribution in [0.5, 0.6) is 0 Å². The minimum atomic E-state index is -0.382. The summed E-state index contributed by atoms with van der Waals surface area (Å²) in [4.78, 5) is 12.0. The van der Waals surface area contributed by atoms with E-state index in [0.29, 0.717) is 20.8 Å². The van der Waals surface area contributed by atoms with E-state index in [4.69, 9.17) is 40.5 Å². The van der Waals surface area contributed by atoms with Crippen LogP contribution in [0.4, 0.5) is 5.69 Å². The number of carbonyl (C=O) groups is 1. The third kappa shape index (κ3) is 4.35. The molecule has 0 bridgehead atoms. The molecule has 0 aliphatic carbocycles. The fourth-order valence-corrected chi connectivity index (χ4v) is 2.43. The summed E-state index contributed by atoms with van der Waals surface area (Å²) in [5.41, 5.74) is 7.31. The first kappa shape index (κ1) is 16.1. The van der Waals surface area contributed by atoms with Crippen LogP contribution in [0.1, 0.15) is 18.0 Å². The van der Waals surface area contributed by atoms with E-state index in [2.05, 4.69) is 5.32 Å². The van der Waals surface area contributed by atoms with Gasteiger partial charge in [-0.25, -0.2) is 0 Å². The Kier molecular flexibility index (Phi) is 5.48. The van der Waals surface area contributed by atoms with Gasteiger partial charge in [-0.15, -0.1) is 0 Å². The Bertz CT molecular complexity index is 647. The molecule has 0 saturated heterocycles. The number of rotatable bonds is 4. The molecule has 2 rings (SSSR count). The monoisotopic (exact) mass is 342 g/mol. The number of nitrogens with two attached hydrogens (primary N) is 1. The summed E-state index contributed by atoms with van der Waals surface area (Å²) in [5, 5.41) is 3.67. The van der Waals surface area contributed by atoms with Crippen LogP contribution in [0.15, 0.2) is 42.5 Å². The largest absolute Gasteiger partial charge is 0.325 e. The van der Waals surface area contributed by atoms with Crippen LogP contribution in [-0.2, 0) is 4.79 Å². The third-order valence-corrected chi connectivity index (χ3v) is 3.95. The highest BCUT2D eigenvalue weighted by Gasteiger charge is 2.14. The Labute approximate surface area is 138 Å². The molecule has 6 heteroatoms. The van der Waals surface area contributed by atoms with Crippen LogP contribution in [0.2, 0.25) is 15.1 Å². The number of benzene rings is 2. The molecule has 1 atom stereocenters. The van der Waals surface area contributed by atoms with E-state index in [1.165, 1.54) is 12.1 Å². The van der Waals surface area contributed by atoms with Crippen LogP contribution in [0.25, 0.3) is 0 Å². The van der Waals surface area contributed by atoms with Crippen LogP contribution in [0.3, 0.4) is 0 Å². The van der Waals surface area contributed by atoms with Crippen molar-refractivity contribution in [2.24, 2.45) is 5.73 Å². The van der Waals surface area contributed by atoms with Crippen molar-refractivity contribution >= 4 is 46.4 Å². The zero-order valence-electron chi connectivity index (χ0n) is 10.9. The van der Waals surface area contributed by atoms with Crippen molar-refractivity contribution in [1.29, 1.82) is 0 Å². The molecule has 110 valence electrons.